The molecule has 6 nitrogen and oxygen atoms in total. The summed E-state index contributed by atoms with van der Waals surface area (Å²) in [6.45, 7) is 13.9. The highest BCUT2D eigenvalue weighted by atomic mass is 127. The molecule has 0 amide bonds. The van der Waals surface area contributed by atoms with E-state index in [1.165, 1.54) is 32.4 Å². The van der Waals surface area contributed by atoms with Gasteiger partial charge in [-0.05, 0) is 45.2 Å². The Bertz CT molecular complexity index is 564. The Morgan fingerprint density at radius 1 is 1.31 bits per heavy atom. The number of halogens is 1. The van der Waals surface area contributed by atoms with E-state index in [4.69, 9.17) is 4.99 Å². The number of nitrogens with one attached hydrogen (secondary N) is 1. The van der Waals surface area contributed by atoms with Crippen molar-refractivity contribution >= 4 is 29.9 Å². The van der Waals surface area contributed by atoms with Crippen molar-refractivity contribution in [2.24, 2.45) is 10.9 Å². The average molecular weight is 474 g/mol. The molecule has 7 heteroatoms. The van der Waals surface area contributed by atoms with Gasteiger partial charge in [-0.15, -0.1) is 24.0 Å². The van der Waals surface area contributed by atoms with Gasteiger partial charge in [-0.1, -0.05) is 13.8 Å². The van der Waals surface area contributed by atoms with Gasteiger partial charge in [0.2, 0.25) is 0 Å². The van der Waals surface area contributed by atoms with Gasteiger partial charge in [-0.3, -0.25) is 4.90 Å². The van der Waals surface area contributed by atoms with E-state index in [-0.39, 0.29) is 24.0 Å². The molecule has 2 fully saturated rings. The first-order valence-corrected chi connectivity index (χ1v) is 9.94. The zero-order chi connectivity index (χ0) is 17.6. The summed E-state index contributed by atoms with van der Waals surface area (Å²) in [5, 5.41) is 3.48. The van der Waals surface area contributed by atoms with Gasteiger partial charge in [0.1, 0.15) is 12.4 Å². The fourth-order valence-corrected chi connectivity index (χ4v) is 3.96. The normalized spacial score (nSPS) is 21.5. The Balaban J connectivity index is 0.00000243. The van der Waals surface area contributed by atoms with Crippen LogP contribution in [0.4, 0.5) is 0 Å². The van der Waals surface area contributed by atoms with Crippen molar-refractivity contribution in [1.82, 2.24) is 24.7 Å². The second-order valence-corrected chi connectivity index (χ2v) is 7.69. The molecule has 3 heterocycles. The lowest BCUT2D eigenvalue weighted by molar-refractivity contribution is 0.249. The molecular formula is C19H35IN6. The molecule has 1 atom stereocenters. The molecule has 0 aliphatic carbocycles. The summed E-state index contributed by atoms with van der Waals surface area (Å²) in [4.78, 5) is 14.5. The van der Waals surface area contributed by atoms with Gasteiger partial charge in [-0.2, -0.15) is 0 Å². The zero-order valence-corrected chi connectivity index (χ0v) is 18.9. The van der Waals surface area contributed by atoms with Crippen LogP contribution in [0.25, 0.3) is 0 Å². The molecule has 3 rings (SSSR count). The second-order valence-electron chi connectivity index (χ2n) is 7.69. The highest BCUT2D eigenvalue weighted by Crippen LogP contribution is 2.20. The molecule has 1 aromatic heterocycles. The van der Waals surface area contributed by atoms with E-state index in [0.717, 1.165) is 38.0 Å². The van der Waals surface area contributed by atoms with Crippen LogP contribution in [0.15, 0.2) is 17.4 Å². The van der Waals surface area contributed by atoms with E-state index in [1.54, 1.807) is 0 Å². The van der Waals surface area contributed by atoms with Crippen LogP contribution >= 0.6 is 24.0 Å². The van der Waals surface area contributed by atoms with Crippen molar-refractivity contribution in [3.05, 3.63) is 18.2 Å². The van der Waals surface area contributed by atoms with Gasteiger partial charge in [0.05, 0.1) is 0 Å². The zero-order valence-electron chi connectivity index (χ0n) is 16.5. The molecular weight excluding hydrogens is 439 g/mol. The SMILES string of the molecule is CCNC(=NCc1nccn1CC(C)C)N1CCC(N2CCCC2)C1.I. The van der Waals surface area contributed by atoms with Gasteiger partial charge >= 0.3 is 0 Å². The first-order chi connectivity index (χ1) is 12.2. The third-order valence-electron chi connectivity index (χ3n) is 5.19. The van der Waals surface area contributed by atoms with E-state index in [1.807, 2.05) is 6.20 Å². The van der Waals surface area contributed by atoms with Crippen LogP contribution in [0.5, 0.6) is 0 Å². The number of aromatic nitrogens is 2. The fourth-order valence-electron chi connectivity index (χ4n) is 3.96. The molecule has 148 valence electrons. The Morgan fingerprint density at radius 2 is 2.08 bits per heavy atom. The number of hydrogen-bond donors (Lipinski definition) is 1. The lowest BCUT2D eigenvalue weighted by Crippen LogP contribution is -2.42. The maximum atomic E-state index is 4.90. The Hall–Kier alpha value is -0.830. The van der Waals surface area contributed by atoms with Crippen LogP contribution in [0.3, 0.4) is 0 Å². The van der Waals surface area contributed by atoms with Crippen molar-refractivity contribution in [2.45, 2.75) is 59.2 Å². The quantitative estimate of drug-likeness (QED) is 0.392. The minimum absolute atomic E-state index is 0. The largest absolute Gasteiger partial charge is 0.357 e. The standard InChI is InChI=1S/C19H34N6.HI/c1-4-20-19(22-13-18-21-8-12-24(18)14-16(2)3)25-11-7-17(15-25)23-9-5-6-10-23;/h8,12,16-17H,4-7,9-11,13-15H2,1-3H3,(H,20,22);1H. The Labute approximate surface area is 175 Å². The molecule has 1 N–H and O–H groups in total. The van der Waals surface area contributed by atoms with Crippen LogP contribution < -0.4 is 5.32 Å². The maximum absolute atomic E-state index is 4.90. The van der Waals surface area contributed by atoms with Crippen molar-refractivity contribution < 1.29 is 0 Å². The van der Waals surface area contributed by atoms with Crippen LogP contribution in [0.2, 0.25) is 0 Å². The Morgan fingerprint density at radius 3 is 2.77 bits per heavy atom. The highest BCUT2D eigenvalue weighted by Gasteiger charge is 2.30. The summed E-state index contributed by atoms with van der Waals surface area (Å²) in [6, 6.07) is 0.703. The molecule has 26 heavy (non-hydrogen) atoms. The van der Waals surface area contributed by atoms with Crippen molar-refractivity contribution in [3.63, 3.8) is 0 Å². The number of likely N-dealkylation sites (tertiary alicyclic amines) is 2. The summed E-state index contributed by atoms with van der Waals surface area (Å²) >= 11 is 0. The minimum Gasteiger partial charge on any atom is -0.357 e. The monoisotopic (exact) mass is 474 g/mol. The van der Waals surface area contributed by atoms with E-state index in [9.17, 15) is 0 Å². The highest BCUT2D eigenvalue weighted by molar-refractivity contribution is 14.0. The predicted octanol–water partition coefficient (Wildman–Crippen LogP) is 2.79. The third-order valence-corrected chi connectivity index (χ3v) is 5.19. The van der Waals surface area contributed by atoms with E-state index in [2.05, 4.69) is 51.6 Å². The van der Waals surface area contributed by atoms with E-state index < -0.39 is 0 Å². The molecule has 1 unspecified atom stereocenters. The first kappa shape index (κ1) is 21.5. The molecule has 2 aliphatic rings. The van der Waals surface area contributed by atoms with Crippen LogP contribution in [0, 0.1) is 5.92 Å². The van der Waals surface area contributed by atoms with Crippen LogP contribution in [-0.2, 0) is 13.1 Å². The molecule has 0 radical (unpaired) electrons. The Kier molecular flexibility index (Phi) is 8.66. The lowest BCUT2D eigenvalue weighted by atomic mass is 10.2. The fraction of sp³-hybridized carbons (Fsp3) is 0.789. The summed E-state index contributed by atoms with van der Waals surface area (Å²) in [6.07, 6.45) is 7.94. The predicted molar refractivity (Wildman–Crippen MR) is 118 cm³/mol. The molecule has 2 aliphatic heterocycles. The topological polar surface area (TPSA) is 48.7 Å². The van der Waals surface area contributed by atoms with Crippen LogP contribution in [-0.4, -0.2) is 64.1 Å². The average Bonchev–Trinajstić information content (AvgIpc) is 3.32. The van der Waals surface area contributed by atoms with Gasteiger partial charge in [-0.25, -0.2) is 9.98 Å². The number of hydrogen-bond acceptors (Lipinski definition) is 3. The summed E-state index contributed by atoms with van der Waals surface area (Å²) < 4.78 is 2.23. The smallest absolute Gasteiger partial charge is 0.194 e. The summed E-state index contributed by atoms with van der Waals surface area (Å²) in [5.74, 6) is 2.72. The van der Waals surface area contributed by atoms with Crippen molar-refractivity contribution in [2.75, 3.05) is 32.7 Å². The van der Waals surface area contributed by atoms with E-state index in [0.29, 0.717) is 18.5 Å². The first-order valence-electron chi connectivity index (χ1n) is 9.94. The molecule has 0 spiro atoms. The summed E-state index contributed by atoms with van der Waals surface area (Å²) in [5.41, 5.74) is 0. The van der Waals surface area contributed by atoms with Gasteiger partial charge in [0.15, 0.2) is 5.96 Å². The van der Waals surface area contributed by atoms with Crippen LogP contribution in [0.1, 0.15) is 45.9 Å². The van der Waals surface area contributed by atoms with Gasteiger partial charge in [0, 0.05) is 44.6 Å². The number of aliphatic imine (C=N–C) groups is 1. The molecule has 0 aromatic carbocycles. The number of rotatable bonds is 6. The molecule has 0 saturated carbocycles. The minimum atomic E-state index is 0. The van der Waals surface area contributed by atoms with E-state index >= 15 is 0 Å². The third kappa shape index (κ3) is 5.58. The molecule has 1 aromatic rings. The second kappa shape index (κ2) is 10.5. The van der Waals surface area contributed by atoms with Gasteiger partial charge < -0.3 is 14.8 Å². The van der Waals surface area contributed by atoms with Gasteiger partial charge in [0.25, 0.3) is 0 Å². The number of nitrogens with zero attached hydrogens (tertiary/aromatic N) is 5. The summed E-state index contributed by atoms with van der Waals surface area (Å²) in [7, 11) is 0. The van der Waals surface area contributed by atoms with Crippen molar-refractivity contribution in [1.29, 1.82) is 0 Å². The molecule has 2 saturated heterocycles. The van der Waals surface area contributed by atoms with Crippen molar-refractivity contribution in [3.8, 4) is 0 Å². The molecule has 0 bridgehead atoms. The number of guanidine groups is 1. The lowest BCUT2D eigenvalue weighted by Gasteiger charge is -2.25. The number of imidazole rings is 1. The maximum Gasteiger partial charge on any atom is 0.194 e.